The molecule has 21 heavy (non-hydrogen) atoms. The molecular formula is C13H19ClN4O3. The van der Waals surface area contributed by atoms with Gasteiger partial charge in [-0.05, 0) is 18.9 Å². The highest BCUT2D eigenvalue weighted by Crippen LogP contribution is 2.23. The molecule has 0 aliphatic carbocycles. The molecule has 1 saturated heterocycles. The fraction of sp³-hybridized carbons (Fsp3) is 0.462. The number of halogens is 1. The van der Waals surface area contributed by atoms with Crippen LogP contribution >= 0.6 is 12.4 Å². The van der Waals surface area contributed by atoms with E-state index >= 15 is 0 Å². The highest BCUT2D eigenvalue weighted by atomic mass is 35.5. The molecule has 0 radical (unpaired) electrons. The number of para-hydroxylation sites is 2. The zero-order valence-electron chi connectivity index (χ0n) is 11.5. The zero-order chi connectivity index (χ0) is 14.5. The molecule has 0 spiro atoms. The Labute approximate surface area is 129 Å². The second-order valence-corrected chi connectivity index (χ2v) is 4.75. The highest BCUT2D eigenvalue weighted by molar-refractivity contribution is 5.85. The van der Waals surface area contributed by atoms with Crippen molar-refractivity contribution < 1.29 is 9.72 Å². The van der Waals surface area contributed by atoms with Gasteiger partial charge in [0.1, 0.15) is 5.69 Å². The molecule has 1 amide bonds. The number of anilines is 1. The standard InChI is InChI=1S/C13H18N4O3.ClH/c14-8-10-4-3-7-16(10)13(18)9-15-11-5-1-2-6-12(11)17(19)20;/h1-2,5-6,10,15H,3-4,7-9,14H2;1H. The number of rotatable bonds is 5. The fourth-order valence-corrected chi connectivity index (χ4v) is 2.46. The molecule has 0 bridgehead atoms. The van der Waals surface area contributed by atoms with Crippen molar-refractivity contribution in [1.82, 2.24) is 4.90 Å². The molecule has 0 saturated carbocycles. The Bertz CT molecular complexity index is 512. The van der Waals surface area contributed by atoms with E-state index in [1.165, 1.54) is 6.07 Å². The Hall–Kier alpha value is -1.86. The number of likely N-dealkylation sites (tertiary alicyclic amines) is 1. The van der Waals surface area contributed by atoms with Gasteiger partial charge in [0.25, 0.3) is 5.69 Å². The van der Waals surface area contributed by atoms with Gasteiger partial charge in [0.15, 0.2) is 0 Å². The van der Waals surface area contributed by atoms with Crippen LogP contribution in [0.1, 0.15) is 12.8 Å². The van der Waals surface area contributed by atoms with E-state index in [1.54, 1.807) is 23.1 Å². The van der Waals surface area contributed by atoms with Crippen molar-refractivity contribution in [2.24, 2.45) is 5.73 Å². The van der Waals surface area contributed by atoms with Crippen LogP contribution in [0.25, 0.3) is 0 Å². The van der Waals surface area contributed by atoms with Crippen LogP contribution in [0.2, 0.25) is 0 Å². The average molecular weight is 315 g/mol. The Kier molecular flexibility index (Phi) is 6.39. The summed E-state index contributed by atoms with van der Waals surface area (Å²) in [7, 11) is 0. The lowest BCUT2D eigenvalue weighted by Gasteiger charge is -2.23. The molecule has 1 fully saturated rings. The normalized spacial score (nSPS) is 17.2. The first-order valence-corrected chi connectivity index (χ1v) is 6.60. The topological polar surface area (TPSA) is 102 Å². The lowest BCUT2D eigenvalue weighted by atomic mass is 10.2. The van der Waals surface area contributed by atoms with Crippen molar-refractivity contribution in [2.45, 2.75) is 18.9 Å². The van der Waals surface area contributed by atoms with Crippen molar-refractivity contribution in [3.63, 3.8) is 0 Å². The Balaban J connectivity index is 0.00000220. The number of hydrogen-bond donors (Lipinski definition) is 2. The van der Waals surface area contributed by atoms with E-state index in [-0.39, 0.29) is 36.6 Å². The SMILES string of the molecule is Cl.NCC1CCCN1C(=O)CNc1ccccc1[N+](=O)[O-]. The second kappa shape index (κ2) is 7.80. The largest absolute Gasteiger partial charge is 0.371 e. The minimum Gasteiger partial charge on any atom is -0.371 e. The summed E-state index contributed by atoms with van der Waals surface area (Å²) in [6.07, 6.45) is 1.88. The van der Waals surface area contributed by atoms with Gasteiger partial charge in [0.05, 0.1) is 11.5 Å². The molecule has 2 rings (SSSR count). The van der Waals surface area contributed by atoms with Crippen molar-refractivity contribution in [2.75, 3.05) is 25.0 Å². The Morgan fingerprint density at radius 1 is 1.48 bits per heavy atom. The molecule has 8 heteroatoms. The molecule has 1 aliphatic rings. The van der Waals surface area contributed by atoms with Gasteiger partial charge in [0, 0.05) is 25.2 Å². The molecule has 1 atom stereocenters. The third kappa shape index (κ3) is 4.05. The summed E-state index contributed by atoms with van der Waals surface area (Å²) >= 11 is 0. The van der Waals surface area contributed by atoms with Crippen molar-refractivity contribution >= 4 is 29.7 Å². The van der Waals surface area contributed by atoms with E-state index in [9.17, 15) is 14.9 Å². The molecule has 7 nitrogen and oxygen atoms in total. The maximum atomic E-state index is 12.1. The number of nitrogens with zero attached hydrogens (tertiary/aromatic N) is 2. The number of benzene rings is 1. The number of nitro groups is 1. The van der Waals surface area contributed by atoms with Crippen LogP contribution in [0.3, 0.4) is 0 Å². The minimum atomic E-state index is -0.467. The number of nitrogens with two attached hydrogens (primary N) is 1. The van der Waals surface area contributed by atoms with E-state index in [2.05, 4.69) is 5.32 Å². The summed E-state index contributed by atoms with van der Waals surface area (Å²) in [4.78, 5) is 24.3. The highest BCUT2D eigenvalue weighted by Gasteiger charge is 2.27. The average Bonchev–Trinajstić information content (AvgIpc) is 2.93. The summed E-state index contributed by atoms with van der Waals surface area (Å²) < 4.78 is 0. The van der Waals surface area contributed by atoms with Crippen molar-refractivity contribution in [1.29, 1.82) is 0 Å². The number of amides is 1. The van der Waals surface area contributed by atoms with E-state index < -0.39 is 4.92 Å². The number of nitro benzene ring substituents is 1. The molecule has 1 unspecified atom stereocenters. The summed E-state index contributed by atoms with van der Waals surface area (Å²) in [6.45, 7) is 1.21. The molecule has 1 heterocycles. The van der Waals surface area contributed by atoms with E-state index in [0.29, 0.717) is 18.8 Å². The van der Waals surface area contributed by atoms with Gasteiger partial charge < -0.3 is 16.0 Å². The van der Waals surface area contributed by atoms with Crippen LogP contribution < -0.4 is 11.1 Å². The number of carbonyl (C=O) groups excluding carboxylic acids is 1. The van der Waals surface area contributed by atoms with Crippen LogP contribution in [0.4, 0.5) is 11.4 Å². The lowest BCUT2D eigenvalue weighted by molar-refractivity contribution is -0.383. The molecule has 1 aliphatic heterocycles. The van der Waals surface area contributed by atoms with E-state index in [1.807, 2.05) is 0 Å². The summed E-state index contributed by atoms with van der Waals surface area (Å²) in [5.74, 6) is -0.0731. The van der Waals surface area contributed by atoms with Crippen molar-refractivity contribution in [3.8, 4) is 0 Å². The first kappa shape index (κ1) is 17.2. The van der Waals surface area contributed by atoms with Gasteiger partial charge in [-0.15, -0.1) is 12.4 Å². The smallest absolute Gasteiger partial charge is 0.292 e. The summed E-state index contributed by atoms with van der Waals surface area (Å²) in [6, 6.07) is 6.38. The fourth-order valence-electron chi connectivity index (χ4n) is 2.46. The van der Waals surface area contributed by atoms with Crippen LogP contribution in [0, 0.1) is 10.1 Å². The molecule has 3 N–H and O–H groups in total. The molecule has 1 aromatic carbocycles. The maximum Gasteiger partial charge on any atom is 0.292 e. The molecule has 0 aromatic heterocycles. The summed E-state index contributed by atoms with van der Waals surface area (Å²) in [5.41, 5.74) is 5.95. The lowest BCUT2D eigenvalue weighted by Crippen LogP contribution is -2.42. The predicted molar refractivity (Wildman–Crippen MR) is 82.6 cm³/mol. The van der Waals surface area contributed by atoms with Crippen LogP contribution in [0.5, 0.6) is 0 Å². The van der Waals surface area contributed by atoms with Gasteiger partial charge in [-0.3, -0.25) is 14.9 Å². The first-order chi connectivity index (χ1) is 9.63. The zero-order valence-corrected chi connectivity index (χ0v) is 12.3. The van der Waals surface area contributed by atoms with Crippen molar-refractivity contribution in [3.05, 3.63) is 34.4 Å². The molecule has 1 aromatic rings. The molecule has 116 valence electrons. The minimum absolute atomic E-state index is 0. The van der Waals surface area contributed by atoms with Crippen LogP contribution in [0.15, 0.2) is 24.3 Å². The monoisotopic (exact) mass is 314 g/mol. The Morgan fingerprint density at radius 3 is 2.86 bits per heavy atom. The Morgan fingerprint density at radius 2 is 2.19 bits per heavy atom. The van der Waals surface area contributed by atoms with Gasteiger partial charge in [-0.1, -0.05) is 12.1 Å². The number of nitrogens with one attached hydrogen (secondary N) is 1. The third-order valence-corrected chi connectivity index (χ3v) is 3.50. The first-order valence-electron chi connectivity index (χ1n) is 6.60. The van der Waals surface area contributed by atoms with Gasteiger partial charge >= 0.3 is 0 Å². The van der Waals surface area contributed by atoms with Gasteiger partial charge in [0.2, 0.25) is 5.91 Å². The van der Waals surface area contributed by atoms with E-state index in [0.717, 1.165) is 12.8 Å². The van der Waals surface area contributed by atoms with Gasteiger partial charge in [-0.2, -0.15) is 0 Å². The third-order valence-electron chi connectivity index (χ3n) is 3.50. The van der Waals surface area contributed by atoms with E-state index in [4.69, 9.17) is 5.73 Å². The van der Waals surface area contributed by atoms with Crippen LogP contribution in [-0.4, -0.2) is 41.4 Å². The maximum absolute atomic E-state index is 12.1. The second-order valence-electron chi connectivity index (χ2n) is 4.75. The summed E-state index contributed by atoms with van der Waals surface area (Å²) in [5, 5.41) is 13.7. The molecular weight excluding hydrogens is 296 g/mol. The quantitative estimate of drug-likeness (QED) is 0.631. The predicted octanol–water partition coefficient (Wildman–Crippen LogP) is 1.38. The number of carbonyl (C=O) groups is 1. The van der Waals surface area contributed by atoms with Crippen LogP contribution in [-0.2, 0) is 4.79 Å². The van der Waals surface area contributed by atoms with Gasteiger partial charge in [-0.25, -0.2) is 0 Å². The number of hydrogen-bond acceptors (Lipinski definition) is 5.